The quantitative estimate of drug-likeness (QED) is 0.670. The molecule has 1 saturated heterocycles. The Labute approximate surface area is 138 Å². The summed E-state index contributed by atoms with van der Waals surface area (Å²) >= 11 is 2.25. The number of alkyl halides is 2. The molecule has 0 spiro atoms. The standard InChI is InChI=1S/C14H18F2INO.ClH/c15-14(16)9-18-7-1-2-11(8-18)10-19-13-5-3-12(17)4-6-13;/h3-6,11,14H,1-2,7-10H2;1H/t11-;/m0./s1. The van der Waals surface area contributed by atoms with Crippen LogP contribution in [0.5, 0.6) is 5.75 Å². The normalized spacial score (nSPS) is 19.7. The van der Waals surface area contributed by atoms with Crippen LogP contribution in [0, 0.1) is 9.49 Å². The Bertz CT molecular complexity index is 391. The van der Waals surface area contributed by atoms with Gasteiger partial charge in [-0.3, -0.25) is 4.90 Å². The average molecular weight is 418 g/mol. The van der Waals surface area contributed by atoms with Crippen LogP contribution in [0.15, 0.2) is 24.3 Å². The minimum absolute atomic E-state index is 0. The first-order valence-corrected chi connectivity index (χ1v) is 7.60. The molecule has 0 saturated carbocycles. The van der Waals surface area contributed by atoms with E-state index < -0.39 is 6.43 Å². The van der Waals surface area contributed by atoms with Gasteiger partial charge < -0.3 is 4.74 Å². The predicted molar refractivity (Wildman–Crippen MR) is 87.1 cm³/mol. The summed E-state index contributed by atoms with van der Waals surface area (Å²) in [6.07, 6.45) is -0.201. The maximum absolute atomic E-state index is 12.4. The lowest BCUT2D eigenvalue weighted by molar-refractivity contribution is 0.0552. The number of hydrogen-bond acceptors (Lipinski definition) is 2. The van der Waals surface area contributed by atoms with Crippen LogP contribution in [0.1, 0.15) is 12.8 Å². The van der Waals surface area contributed by atoms with Crippen molar-refractivity contribution in [2.45, 2.75) is 19.3 Å². The van der Waals surface area contributed by atoms with Crippen molar-refractivity contribution in [2.75, 3.05) is 26.2 Å². The van der Waals surface area contributed by atoms with Crippen LogP contribution in [0.25, 0.3) is 0 Å². The summed E-state index contributed by atoms with van der Waals surface area (Å²) < 4.78 is 31.6. The molecule has 1 heterocycles. The third-order valence-electron chi connectivity index (χ3n) is 3.30. The molecular formula is C14H19ClF2INO. The van der Waals surface area contributed by atoms with E-state index in [9.17, 15) is 8.78 Å². The van der Waals surface area contributed by atoms with E-state index in [1.165, 1.54) is 3.57 Å². The number of hydrogen-bond donors (Lipinski definition) is 0. The van der Waals surface area contributed by atoms with Gasteiger partial charge in [0.2, 0.25) is 0 Å². The molecule has 0 aliphatic carbocycles. The van der Waals surface area contributed by atoms with Gasteiger partial charge in [0.15, 0.2) is 0 Å². The summed E-state index contributed by atoms with van der Waals surface area (Å²) in [5, 5.41) is 0. The molecular weight excluding hydrogens is 399 g/mol. The van der Waals surface area contributed by atoms with Crippen LogP contribution >= 0.6 is 35.0 Å². The van der Waals surface area contributed by atoms with Gasteiger partial charge in [0.1, 0.15) is 5.75 Å². The van der Waals surface area contributed by atoms with Crippen molar-refractivity contribution in [3.63, 3.8) is 0 Å². The van der Waals surface area contributed by atoms with E-state index >= 15 is 0 Å². The van der Waals surface area contributed by atoms with Gasteiger partial charge >= 0.3 is 0 Å². The Balaban J connectivity index is 0.00000200. The third kappa shape index (κ3) is 6.10. The molecule has 1 aliphatic heterocycles. The SMILES string of the molecule is Cl.FC(F)CN1CCC[C@H](COc2ccc(I)cc2)C1. The second-order valence-electron chi connectivity index (χ2n) is 4.92. The average Bonchev–Trinajstić information content (AvgIpc) is 2.38. The predicted octanol–water partition coefficient (Wildman–Crippen LogP) is 4.07. The molecule has 0 N–H and O–H groups in total. The van der Waals surface area contributed by atoms with E-state index in [2.05, 4.69) is 22.6 Å². The monoisotopic (exact) mass is 417 g/mol. The third-order valence-corrected chi connectivity index (χ3v) is 4.02. The van der Waals surface area contributed by atoms with Crippen molar-refractivity contribution in [3.05, 3.63) is 27.8 Å². The van der Waals surface area contributed by atoms with E-state index in [0.29, 0.717) is 19.1 Å². The molecule has 114 valence electrons. The van der Waals surface area contributed by atoms with Gasteiger partial charge in [-0.15, -0.1) is 12.4 Å². The molecule has 1 fully saturated rings. The molecule has 0 aromatic heterocycles. The second-order valence-corrected chi connectivity index (χ2v) is 6.17. The first kappa shape index (κ1) is 17.9. The fraction of sp³-hybridized carbons (Fsp3) is 0.571. The summed E-state index contributed by atoms with van der Waals surface area (Å²) in [5.41, 5.74) is 0. The Morgan fingerprint density at radius 1 is 1.30 bits per heavy atom. The summed E-state index contributed by atoms with van der Waals surface area (Å²) in [5.74, 6) is 1.21. The molecule has 0 radical (unpaired) electrons. The largest absolute Gasteiger partial charge is 0.493 e. The van der Waals surface area contributed by atoms with E-state index in [0.717, 1.165) is 25.1 Å². The highest BCUT2D eigenvalue weighted by molar-refractivity contribution is 14.1. The summed E-state index contributed by atoms with van der Waals surface area (Å²) in [4.78, 5) is 1.84. The summed E-state index contributed by atoms with van der Waals surface area (Å²) in [6.45, 7) is 2.00. The van der Waals surface area contributed by atoms with Gasteiger partial charge in [0, 0.05) is 16.0 Å². The summed E-state index contributed by atoms with van der Waals surface area (Å²) in [7, 11) is 0. The molecule has 1 aliphatic rings. The maximum Gasteiger partial charge on any atom is 0.251 e. The first-order valence-electron chi connectivity index (χ1n) is 6.52. The van der Waals surface area contributed by atoms with Gasteiger partial charge in [0.05, 0.1) is 13.2 Å². The highest BCUT2D eigenvalue weighted by Gasteiger charge is 2.22. The molecule has 2 nitrogen and oxygen atoms in total. The zero-order valence-electron chi connectivity index (χ0n) is 11.1. The number of benzene rings is 1. The molecule has 1 atom stereocenters. The minimum atomic E-state index is -2.24. The zero-order valence-corrected chi connectivity index (χ0v) is 14.1. The fourth-order valence-electron chi connectivity index (χ4n) is 2.39. The van der Waals surface area contributed by atoms with Crippen LogP contribution in [0.4, 0.5) is 8.78 Å². The molecule has 0 amide bonds. The lowest BCUT2D eigenvalue weighted by Gasteiger charge is -2.32. The Kier molecular flexibility index (Phi) is 8.06. The first-order chi connectivity index (χ1) is 9.13. The second kappa shape index (κ2) is 9.00. The number of rotatable bonds is 5. The van der Waals surface area contributed by atoms with Crippen molar-refractivity contribution in [3.8, 4) is 5.75 Å². The molecule has 1 aromatic carbocycles. The van der Waals surface area contributed by atoms with Gasteiger partial charge in [-0.2, -0.15) is 0 Å². The fourth-order valence-corrected chi connectivity index (χ4v) is 2.75. The zero-order chi connectivity index (χ0) is 13.7. The van der Waals surface area contributed by atoms with Crippen molar-refractivity contribution in [1.29, 1.82) is 0 Å². The number of halogens is 4. The minimum Gasteiger partial charge on any atom is -0.493 e. The van der Waals surface area contributed by atoms with Crippen LogP contribution in [-0.4, -0.2) is 37.6 Å². The smallest absolute Gasteiger partial charge is 0.251 e. The molecule has 6 heteroatoms. The highest BCUT2D eigenvalue weighted by Crippen LogP contribution is 2.20. The number of piperidine rings is 1. The van der Waals surface area contributed by atoms with E-state index in [1.807, 2.05) is 29.2 Å². The number of ether oxygens (including phenoxy) is 1. The topological polar surface area (TPSA) is 12.5 Å². The van der Waals surface area contributed by atoms with Gasteiger partial charge in [-0.25, -0.2) is 8.78 Å². The van der Waals surface area contributed by atoms with E-state index in [-0.39, 0.29) is 19.0 Å². The van der Waals surface area contributed by atoms with Gasteiger partial charge in [-0.1, -0.05) is 0 Å². The highest BCUT2D eigenvalue weighted by atomic mass is 127. The van der Waals surface area contributed by atoms with Crippen molar-refractivity contribution < 1.29 is 13.5 Å². The van der Waals surface area contributed by atoms with E-state index in [1.54, 1.807) is 0 Å². The number of likely N-dealkylation sites (tertiary alicyclic amines) is 1. The summed E-state index contributed by atoms with van der Waals surface area (Å²) in [6, 6.07) is 7.89. The molecule has 20 heavy (non-hydrogen) atoms. The Morgan fingerprint density at radius 2 is 2.00 bits per heavy atom. The van der Waals surface area contributed by atoms with Crippen LogP contribution in [0.2, 0.25) is 0 Å². The van der Waals surface area contributed by atoms with Crippen LogP contribution < -0.4 is 4.74 Å². The maximum atomic E-state index is 12.4. The van der Waals surface area contributed by atoms with Gasteiger partial charge in [-0.05, 0) is 66.2 Å². The van der Waals surface area contributed by atoms with E-state index in [4.69, 9.17) is 4.74 Å². The number of nitrogens with zero attached hydrogens (tertiary/aromatic N) is 1. The van der Waals surface area contributed by atoms with Crippen LogP contribution in [-0.2, 0) is 0 Å². The van der Waals surface area contributed by atoms with Gasteiger partial charge in [0.25, 0.3) is 6.43 Å². The van der Waals surface area contributed by atoms with Crippen molar-refractivity contribution >= 4 is 35.0 Å². The Morgan fingerprint density at radius 3 is 2.65 bits per heavy atom. The van der Waals surface area contributed by atoms with Crippen molar-refractivity contribution in [1.82, 2.24) is 4.90 Å². The lowest BCUT2D eigenvalue weighted by Crippen LogP contribution is -2.40. The lowest BCUT2D eigenvalue weighted by atomic mass is 9.99. The Hall–Kier alpha value is -0.140. The molecule has 1 aromatic rings. The molecule has 2 rings (SSSR count). The van der Waals surface area contributed by atoms with Crippen LogP contribution in [0.3, 0.4) is 0 Å². The molecule has 0 bridgehead atoms. The van der Waals surface area contributed by atoms with Crippen molar-refractivity contribution in [2.24, 2.45) is 5.92 Å². The molecule has 0 unspecified atom stereocenters.